The van der Waals surface area contributed by atoms with Crippen LogP contribution < -0.4 is 5.56 Å². The van der Waals surface area contributed by atoms with Crippen molar-refractivity contribution < 1.29 is 5.11 Å². The molecule has 3 rings (SSSR count). The molecule has 1 aliphatic heterocycles. The van der Waals surface area contributed by atoms with Gasteiger partial charge in [-0.25, -0.2) is 4.98 Å². The molecule has 0 aliphatic carbocycles. The van der Waals surface area contributed by atoms with Crippen LogP contribution in [0.5, 0.6) is 0 Å². The monoisotopic (exact) mass is 273 g/mol. The van der Waals surface area contributed by atoms with Crippen molar-refractivity contribution in [3.05, 3.63) is 39.9 Å². The van der Waals surface area contributed by atoms with Gasteiger partial charge in [-0.05, 0) is 37.9 Å². The van der Waals surface area contributed by atoms with Gasteiger partial charge in [0.1, 0.15) is 5.82 Å². The first kappa shape index (κ1) is 13.3. The summed E-state index contributed by atoms with van der Waals surface area (Å²) >= 11 is 0. The molecule has 106 valence electrons. The Morgan fingerprint density at radius 3 is 3.15 bits per heavy atom. The number of H-pyrrole nitrogens is 1. The highest BCUT2D eigenvalue weighted by Gasteiger charge is 2.18. The van der Waals surface area contributed by atoms with Crippen LogP contribution in [0, 0.1) is 6.92 Å². The number of nitrogens with one attached hydrogen (secondary N) is 1. The van der Waals surface area contributed by atoms with Gasteiger partial charge in [0.05, 0.1) is 23.6 Å². The highest BCUT2D eigenvalue weighted by atomic mass is 16.3. The van der Waals surface area contributed by atoms with E-state index in [1.165, 1.54) is 0 Å². The van der Waals surface area contributed by atoms with Crippen LogP contribution >= 0.6 is 0 Å². The van der Waals surface area contributed by atoms with E-state index in [4.69, 9.17) is 0 Å². The molecule has 20 heavy (non-hydrogen) atoms. The molecule has 1 aromatic carbocycles. The second-order valence-electron chi connectivity index (χ2n) is 5.51. The second kappa shape index (κ2) is 5.34. The summed E-state index contributed by atoms with van der Waals surface area (Å²) in [5.41, 5.74) is 1.68. The SMILES string of the molecule is Cc1cccc2c(=O)[nH]c(CN3CCCC(O)C3)nc12. The molecule has 5 heteroatoms. The molecule has 2 heterocycles. The van der Waals surface area contributed by atoms with Crippen LogP contribution in [0.4, 0.5) is 0 Å². The number of β-amino-alcohol motifs (C(OH)–C–C–N with tert-alkyl or cyclic N) is 1. The maximum atomic E-state index is 12.1. The van der Waals surface area contributed by atoms with Crippen molar-refractivity contribution >= 4 is 10.9 Å². The molecule has 2 N–H and O–H groups in total. The second-order valence-corrected chi connectivity index (χ2v) is 5.51. The fourth-order valence-electron chi connectivity index (χ4n) is 2.81. The Bertz CT molecular complexity index is 680. The molecule has 1 fully saturated rings. The minimum absolute atomic E-state index is 0.0914. The van der Waals surface area contributed by atoms with Crippen LogP contribution in [0.25, 0.3) is 10.9 Å². The molecular formula is C15H19N3O2. The lowest BCUT2D eigenvalue weighted by molar-refractivity contribution is 0.0655. The predicted molar refractivity (Wildman–Crippen MR) is 77.6 cm³/mol. The summed E-state index contributed by atoms with van der Waals surface area (Å²) in [5.74, 6) is 0.672. The normalized spacial score (nSPS) is 20.4. The average molecular weight is 273 g/mol. The number of para-hydroxylation sites is 1. The minimum atomic E-state index is -0.266. The number of fused-ring (bicyclic) bond motifs is 1. The molecule has 2 aromatic rings. The zero-order valence-electron chi connectivity index (χ0n) is 11.6. The molecule has 0 saturated carbocycles. The first-order valence-electron chi connectivity index (χ1n) is 7.02. The number of benzene rings is 1. The Labute approximate surface area is 117 Å². The summed E-state index contributed by atoms with van der Waals surface area (Å²) in [4.78, 5) is 21.7. The topological polar surface area (TPSA) is 69.2 Å². The van der Waals surface area contributed by atoms with E-state index in [9.17, 15) is 9.90 Å². The van der Waals surface area contributed by atoms with Crippen LogP contribution in [0.3, 0.4) is 0 Å². The van der Waals surface area contributed by atoms with Crippen LogP contribution in [0.1, 0.15) is 24.2 Å². The van der Waals surface area contributed by atoms with Crippen molar-refractivity contribution in [2.75, 3.05) is 13.1 Å². The van der Waals surface area contributed by atoms with Crippen molar-refractivity contribution in [1.82, 2.24) is 14.9 Å². The molecule has 1 atom stereocenters. The number of rotatable bonds is 2. The minimum Gasteiger partial charge on any atom is -0.392 e. The van der Waals surface area contributed by atoms with E-state index >= 15 is 0 Å². The molecule has 1 aliphatic rings. The first-order valence-corrected chi connectivity index (χ1v) is 7.02. The molecule has 1 aromatic heterocycles. The number of nitrogens with zero attached hydrogens (tertiary/aromatic N) is 2. The first-order chi connectivity index (χ1) is 9.63. The molecule has 5 nitrogen and oxygen atoms in total. The zero-order valence-corrected chi connectivity index (χ0v) is 11.6. The molecular weight excluding hydrogens is 254 g/mol. The Hall–Kier alpha value is -1.72. The van der Waals surface area contributed by atoms with Crippen molar-refractivity contribution in [1.29, 1.82) is 0 Å². The van der Waals surface area contributed by atoms with Crippen molar-refractivity contribution in [2.24, 2.45) is 0 Å². The summed E-state index contributed by atoms with van der Waals surface area (Å²) in [6, 6.07) is 5.63. The van der Waals surface area contributed by atoms with E-state index < -0.39 is 0 Å². The van der Waals surface area contributed by atoms with Gasteiger partial charge in [-0.1, -0.05) is 12.1 Å². The van der Waals surface area contributed by atoms with Crippen molar-refractivity contribution in [3.8, 4) is 0 Å². The number of aliphatic hydroxyl groups is 1. The smallest absolute Gasteiger partial charge is 0.258 e. The van der Waals surface area contributed by atoms with E-state index in [0.717, 1.165) is 30.5 Å². The van der Waals surface area contributed by atoms with Gasteiger partial charge in [-0.3, -0.25) is 9.69 Å². The standard InChI is InChI=1S/C15H19N3O2/c1-10-4-2-6-12-14(10)16-13(17-15(12)20)9-18-7-3-5-11(19)8-18/h2,4,6,11,19H,3,5,7-9H2,1H3,(H,16,17,20). The van der Waals surface area contributed by atoms with Gasteiger partial charge in [0.25, 0.3) is 5.56 Å². The molecule has 0 bridgehead atoms. The van der Waals surface area contributed by atoms with Gasteiger partial charge in [-0.15, -0.1) is 0 Å². The van der Waals surface area contributed by atoms with E-state index in [1.54, 1.807) is 6.07 Å². The Morgan fingerprint density at radius 2 is 2.35 bits per heavy atom. The molecule has 0 radical (unpaired) electrons. The summed E-state index contributed by atoms with van der Waals surface area (Å²) in [6.45, 7) is 4.13. The summed E-state index contributed by atoms with van der Waals surface area (Å²) in [7, 11) is 0. The third-order valence-electron chi connectivity index (χ3n) is 3.84. The lowest BCUT2D eigenvalue weighted by Gasteiger charge is -2.29. The highest BCUT2D eigenvalue weighted by molar-refractivity contribution is 5.80. The summed E-state index contributed by atoms with van der Waals surface area (Å²) in [5, 5.41) is 10.3. The van der Waals surface area contributed by atoms with Gasteiger partial charge in [0, 0.05) is 6.54 Å². The lowest BCUT2D eigenvalue weighted by atomic mass is 10.1. The van der Waals surface area contributed by atoms with Gasteiger partial charge in [-0.2, -0.15) is 0 Å². The molecule has 1 saturated heterocycles. The van der Waals surface area contributed by atoms with Gasteiger partial charge in [0.15, 0.2) is 0 Å². The zero-order chi connectivity index (χ0) is 14.1. The predicted octanol–water partition coefficient (Wildman–Crippen LogP) is 1.19. The van der Waals surface area contributed by atoms with Crippen molar-refractivity contribution in [3.63, 3.8) is 0 Å². The molecule has 0 spiro atoms. The van der Waals surface area contributed by atoms with Crippen molar-refractivity contribution in [2.45, 2.75) is 32.4 Å². The average Bonchev–Trinajstić information content (AvgIpc) is 2.40. The number of hydrogen-bond donors (Lipinski definition) is 2. The van der Waals surface area contributed by atoms with Crippen LogP contribution in [0.2, 0.25) is 0 Å². The summed E-state index contributed by atoms with van der Waals surface area (Å²) < 4.78 is 0. The number of piperidine rings is 1. The largest absolute Gasteiger partial charge is 0.392 e. The lowest BCUT2D eigenvalue weighted by Crippen LogP contribution is -2.38. The highest BCUT2D eigenvalue weighted by Crippen LogP contribution is 2.15. The Kier molecular flexibility index (Phi) is 3.54. The number of aromatic nitrogens is 2. The number of aromatic amines is 1. The third kappa shape index (κ3) is 2.59. The Morgan fingerprint density at radius 1 is 1.50 bits per heavy atom. The number of aliphatic hydroxyl groups excluding tert-OH is 1. The molecule has 1 unspecified atom stereocenters. The maximum absolute atomic E-state index is 12.1. The number of aryl methyl sites for hydroxylation is 1. The van der Waals surface area contributed by atoms with Gasteiger partial charge in [0.2, 0.25) is 0 Å². The van der Waals surface area contributed by atoms with E-state index in [2.05, 4.69) is 14.9 Å². The maximum Gasteiger partial charge on any atom is 0.258 e. The van der Waals surface area contributed by atoms with Crippen LogP contribution in [-0.2, 0) is 6.54 Å². The van der Waals surface area contributed by atoms with E-state index in [-0.39, 0.29) is 11.7 Å². The molecule has 0 amide bonds. The fraction of sp³-hybridized carbons (Fsp3) is 0.467. The summed E-state index contributed by atoms with van der Waals surface area (Å²) in [6.07, 6.45) is 1.58. The fourth-order valence-corrected chi connectivity index (χ4v) is 2.81. The number of hydrogen-bond acceptors (Lipinski definition) is 4. The quantitative estimate of drug-likeness (QED) is 0.862. The van der Waals surface area contributed by atoms with Gasteiger partial charge >= 0.3 is 0 Å². The van der Waals surface area contributed by atoms with Crippen LogP contribution in [0.15, 0.2) is 23.0 Å². The van der Waals surface area contributed by atoms with E-state index in [0.29, 0.717) is 24.3 Å². The van der Waals surface area contributed by atoms with E-state index in [1.807, 2.05) is 19.1 Å². The number of likely N-dealkylation sites (tertiary alicyclic amines) is 1. The third-order valence-corrected chi connectivity index (χ3v) is 3.84. The van der Waals surface area contributed by atoms with Crippen LogP contribution in [-0.4, -0.2) is 39.2 Å². The Balaban J connectivity index is 1.92. The van der Waals surface area contributed by atoms with Gasteiger partial charge < -0.3 is 10.1 Å².